The van der Waals surface area contributed by atoms with Crippen molar-refractivity contribution in [2.75, 3.05) is 20.3 Å². The van der Waals surface area contributed by atoms with Gasteiger partial charge in [0.05, 0.1) is 30.9 Å². The molecule has 204 valence electrons. The molecule has 0 fully saturated rings. The van der Waals surface area contributed by atoms with Crippen molar-refractivity contribution in [2.24, 2.45) is 0 Å². The van der Waals surface area contributed by atoms with Gasteiger partial charge in [0.2, 0.25) is 5.60 Å². The van der Waals surface area contributed by atoms with Crippen molar-refractivity contribution in [1.29, 1.82) is 0 Å². The Kier molecular flexibility index (Phi) is 8.90. The van der Waals surface area contributed by atoms with E-state index in [1.807, 2.05) is 6.92 Å². The minimum atomic E-state index is -4.54. The number of carbonyl (C=O) groups excluding carboxylic acids is 1. The van der Waals surface area contributed by atoms with E-state index < -0.39 is 29.5 Å². The van der Waals surface area contributed by atoms with Crippen LogP contribution in [0, 0.1) is 0 Å². The number of hydrogen-bond donors (Lipinski definition) is 0. The highest BCUT2D eigenvalue weighted by Gasteiger charge is 2.48. The van der Waals surface area contributed by atoms with Gasteiger partial charge in [-0.3, -0.25) is 0 Å². The smallest absolute Gasteiger partial charge is 0.418 e. The second-order valence-electron chi connectivity index (χ2n) is 9.66. The number of benzene rings is 2. The first-order chi connectivity index (χ1) is 17.3. The van der Waals surface area contributed by atoms with Gasteiger partial charge >= 0.3 is 12.1 Å². The summed E-state index contributed by atoms with van der Waals surface area (Å²) in [6.07, 6.45) is -5.30. The molecule has 0 aliphatic carbocycles. The normalized spacial score (nSPS) is 18.4. The van der Waals surface area contributed by atoms with Crippen LogP contribution < -0.4 is 14.2 Å². The summed E-state index contributed by atoms with van der Waals surface area (Å²) in [5, 5.41) is 0.0962. The predicted octanol–water partition coefficient (Wildman–Crippen LogP) is 6.86. The Hall–Kier alpha value is -2.65. The second-order valence-corrected chi connectivity index (χ2v) is 10.1. The molecular formula is C27H32ClF3O6. The Morgan fingerprint density at radius 2 is 1.73 bits per heavy atom. The molecule has 37 heavy (non-hydrogen) atoms. The van der Waals surface area contributed by atoms with E-state index >= 15 is 0 Å². The summed E-state index contributed by atoms with van der Waals surface area (Å²) in [7, 11) is 1.32. The van der Waals surface area contributed by atoms with Crippen molar-refractivity contribution in [2.45, 2.75) is 70.4 Å². The topological polar surface area (TPSA) is 63.2 Å². The van der Waals surface area contributed by atoms with Crippen molar-refractivity contribution >= 4 is 17.6 Å². The minimum absolute atomic E-state index is 0.0192. The summed E-state index contributed by atoms with van der Waals surface area (Å²) in [6.45, 7) is 7.36. The maximum atomic E-state index is 13.5. The van der Waals surface area contributed by atoms with E-state index in [0.29, 0.717) is 48.7 Å². The van der Waals surface area contributed by atoms with Crippen molar-refractivity contribution in [1.82, 2.24) is 0 Å². The molecule has 0 saturated carbocycles. The molecular weight excluding hydrogens is 513 g/mol. The minimum Gasteiger partial charge on any atom is -0.493 e. The fourth-order valence-corrected chi connectivity index (χ4v) is 4.24. The number of ether oxygens (including phenoxy) is 5. The summed E-state index contributed by atoms with van der Waals surface area (Å²) in [5.41, 5.74) is -1.53. The van der Waals surface area contributed by atoms with Crippen LogP contribution in [0.15, 0.2) is 36.4 Å². The number of methoxy groups -OCH3 is 1. The Bertz CT molecular complexity index is 1090. The van der Waals surface area contributed by atoms with Crippen LogP contribution in [0.1, 0.15) is 57.8 Å². The SMILES string of the molecule is CCC(C)(Oc1ccc(OCCCOc2cc3c(cc2Cl)C(C(F)(F)F)OC(C)(C)C3)cc1)C(=O)OC. The zero-order chi connectivity index (χ0) is 27.4. The molecule has 2 aromatic rings. The maximum absolute atomic E-state index is 13.5. The van der Waals surface area contributed by atoms with E-state index in [1.54, 1.807) is 51.1 Å². The number of alkyl halides is 3. The first-order valence-corrected chi connectivity index (χ1v) is 12.4. The Morgan fingerprint density at radius 3 is 2.32 bits per heavy atom. The number of esters is 1. The van der Waals surface area contributed by atoms with E-state index in [0.717, 1.165) is 0 Å². The molecule has 2 unspecified atom stereocenters. The van der Waals surface area contributed by atoms with Gasteiger partial charge in [0.25, 0.3) is 0 Å². The molecule has 0 radical (unpaired) electrons. The first kappa shape index (κ1) is 28.9. The Labute approximate surface area is 219 Å². The molecule has 1 aliphatic heterocycles. The fraction of sp³-hybridized carbons (Fsp3) is 0.519. The molecule has 3 rings (SSSR count). The molecule has 10 heteroatoms. The quantitative estimate of drug-likeness (QED) is 0.240. The van der Waals surface area contributed by atoms with Crippen LogP contribution in [0.25, 0.3) is 0 Å². The van der Waals surface area contributed by atoms with Gasteiger partial charge in [0.1, 0.15) is 17.2 Å². The molecule has 0 amide bonds. The largest absolute Gasteiger partial charge is 0.493 e. The number of fused-ring (bicyclic) bond motifs is 1. The molecule has 0 aromatic heterocycles. The summed E-state index contributed by atoms with van der Waals surface area (Å²) >= 11 is 6.24. The van der Waals surface area contributed by atoms with Crippen molar-refractivity contribution < 1.29 is 41.7 Å². The highest BCUT2D eigenvalue weighted by Crippen LogP contribution is 2.47. The lowest BCUT2D eigenvalue weighted by molar-refractivity contribution is -0.257. The zero-order valence-electron chi connectivity index (χ0n) is 21.5. The van der Waals surface area contributed by atoms with Crippen LogP contribution in [0.4, 0.5) is 13.2 Å². The molecule has 0 saturated heterocycles. The van der Waals surface area contributed by atoms with Gasteiger partial charge in [-0.1, -0.05) is 18.5 Å². The van der Waals surface area contributed by atoms with Crippen molar-refractivity contribution in [3.63, 3.8) is 0 Å². The molecule has 1 heterocycles. The number of hydrogen-bond acceptors (Lipinski definition) is 6. The summed E-state index contributed by atoms with van der Waals surface area (Å²) in [4.78, 5) is 12.0. The monoisotopic (exact) mass is 544 g/mol. The van der Waals surface area contributed by atoms with Gasteiger partial charge < -0.3 is 23.7 Å². The molecule has 2 atom stereocenters. The summed E-state index contributed by atoms with van der Waals surface area (Å²) in [5.74, 6) is 0.987. The number of halogens is 4. The standard InChI is InChI=1S/C27H32ClF3O6/c1-6-26(4,24(32)33-5)36-19-10-8-18(9-11-19)34-12-7-13-35-22-14-17-16-25(2,3)37-23(27(29,30)31)20(17)15-21(22)28/h8-11,14-15,23H,6-7,12-13,16H2,1-5H3. The lowest BCUT2D eigenvalue weighted by Crippen LogP contribution is -2.41. The molecule has 0 N–H and O–H groups in total. The van der Waals surface area contributed by atoms with Gasteiger partial charge in [-0.05, 0) is 74.7 Å². The lowest BCUT2D eigenvalue weighted by Gasteiger charge is -2.38. The number of rotatable bonds is 10. The molecule has 1 aliphatic rings. The van der Waals surface area contributed by atoms with Crippen LogP contribution in [-0.4, -0.2) is 43.7 Å². The van der Waals surface area contributed by atoms with Crippen LogP contribution in [0.5, 0.6) is 17.2 Å². The third-order valence-electron chi connectivity index (χ3n) is 6.10. The van der Waals surface area contributed by atoms with Gasteiger partial charge in [0.15, 0.2) is 6.10 Å². The van der Waals surface area contributed by atoms with Gasteiger partial charge in [0, 0.05) is 12.8 Å². The van der Waals surface area contributed by atoms with Crippen LogP contribution in [0.2, 0.25) is 5.02 Å². The van der Waals surface area contributed by atoms with E-state index in [1.165, 1.54) is 13.2 Å². The van der Waals surface area contributed by atoms with Gasteiger partial charge in [-0.2, -0.15) is 13.2 Å². The van der Waals surface area contributed by atoms with Crippen molar-refractivity contribution in [3.05, 3.63) is 52.5 Å². The third-order valence-corrected chi connectivity index (χ3v) is 6.40. The number of carbonyl (C=O) groups is 1. The Balaban J connectivity index is 1.53. The summed E-state index contributed by atoms with van der Waals surface area (Å²) < 4.78 is 68.0. The fourth-order valence-electron chi connectivity index (χ4n) is 4.01. The zero-order valence-corrected chi connectivity index (χ0v) is 22.3. The highest BCUT2D eigenvalue weighted by atomic mass is 35.5. The molecule has 0 bridgehead atoms. The first-order valence-electron chi connectivity index (χ1n) is 12.0. The van der Waals surface area contributed by atoms with Crippen LogP contribution in [-0.2, 0) is 20.7 Å². The molecule has 0 spiro atoms. The highest BCUT2D eigenvalue weighted by molar-refractivity contribution is 6.32. The average Bonchev–Trinajstić information content (AvgIpc) is 2.83. The third kappa shape index (κ3) is 7.23. The van der Waals surface area contributed by atoms with E-state index in [-0.39, 0.29) is 17.2 Å². The lowest BCUT2D eigenvalue weighted by atomic mass is 9.88. The van der Waals surface area contributed by atoms with E-state index in [9.17, 15) is 18.0 Å². The van der Waals surface area contributed by atoms with Crippen molar-refractivity contribution in [3.8, 4) is 17.2 Å². The average molecular weight is 545 g/mol. The van der Waals surface area contributed by atoms with Gasteiger partial charge in [-0.25, -0.2) is 4.79 Å². The summed E-state index contributed by atoms with van der Waals surface area (Å²) in [6, 6.07) is 9.71. The molecule has 6 nitrogen and oxygen atoms in total. The Morgan fingerprint density at radius 1 is 1.11 bits per heavy atom. The second kappa shape index (κ2) is 11.4. The van der Waals surface area contributed by atoms with E-state index in [2.05, 4.69) is 0 Å². The molecule has 2 aromatic carbocycles. The van der Waals surface area contributed by atoms with Crippen LogP contribution >= 0.6 is 11.6 Å². The predicted molar refractivity (Wildman–Crippen MR) is 133 cm³/mol. The van der Waals surface area contributed by atoms with Gasteiger partial charge in [-0.15, -0.1) is 0 Å². The van der Waals surface area contributed by atoms with E-state index in [4.69, 9.17) is 35.3 Å². The maximum Gasteiger partial charge on any atom is 0.418 e. The van der Waals surface area contributed by atoms with Crippen LogP contribution in [0.3, 0.4) is 0 Å².